The van der Waals surface area contributed by atoms with Gasteiger partial charge in [-0.05, 0) is 48.2 Å². The van der Waals surface area contributed by atoms with E-state index in [0.717, 1.165) is 23.9 Å². The molecule has 158 valence electrons. The van der Waals surface area contributed by atoms with E-state index in [1.807, 2.05) is 4.90 Å². The number of piperidine rings is 1. The number of rotatable bonds is 3. The Morgan fingerprint density at radius 1 is 0.781 bits per heavy atom. The molecule has 1 saturated heterocycles. The SMILES string of the molecule is O=C(c1ccncc1)N1CCC(c2c[nH]c3ccccc23)(c2c[nH]c3ccccc23)CC1. The van der Waals surface area contributed by atoms with E-state index in [2.05, 4.69) is 75.9 Å². The van der Waals surface area contributed by atoms with Gasteiger partial charge in [0.05, 0.1) is 0 Å². The molecule has 0 radical (unpaired) electrons. The minimum atomic E-state index is -0.172. The molecule has 5 heteroatoms. The lowest BCUT2D eigenvalue weighted by Crippen LogP contribution is -2.45. The fourth-order valence-corrected chi connectivity index (χ4v) is 5.39. The maximum Gasteiger partial charge on any atom is 0.253 e. The Morgan fingerprint density at radius 3 is 1.88 bits per heavy atom. The lowest BCUT2D eigenvalue weighted by molar-refractivity contribution is 0.0687. The number of aromatic nitrogens is 3. The van der Waals surface area contributed by atoms with Crippen LogP contribution in [0.3, 0.4) is 0 Å². The van der Waals surface area contributed by atoms with Crippen molar-refractivity contribution in [1.82, 2.24) is 19.9 Å². The number of H-pyrrole nitrogens is 2. The standard InChI is InChI=1S/C27H24N4O/c32-26(19-9-13-28-14-10-19)31-15-11-27(12-16-31,22-17-29-24-7-3-1-5-20(22)24)23-18-30-25-8-4-2-6-21(23)25/h1-10,13-14,17-18,29-30H,11-12,15-16H2. The van der Waals surface area contributed by atoms with E-state index >= 15 is 0 Å². The van der Waals surface area contributed by atoms with Gasteiger partial charge in [0.1, 0.15) is 0 Å². The molecule has 0 unspecified atom stereocenters. The summed E-state index contributed by atoms with van der Waals surface area (Å²) in [5.41, 5.74) is 5.46. The molecular formula is C27H24N4O. The number of nitrogens with zero attached hydrogens (tertiary/aromatic N) is 2. The molecule has 0 saturated carbocycles. The van der Waals surface area contributed by atoms with E-state index in [0.29, 0.717) is 18.7 Å². The second-order valence-corrected chi connectivity index (χ2v) is 8.61. The molecular weight excluding hydrogens is 396 g/mol. The summed E-state index contributed by atoms with van der Waals surface area (Å²) in [7, 11) is 0. The van der Waals surface area contributed by atoms with Crippen molar-refractivity contribution in [1.29, 1.82) is 0 Å². The molecule has 2 aromatic carbocycles. The number of benzene rings is 2. The van der Waals surface area contributed by atoms with Crippen LogP contribution in [0, 0.1) is 0 Å². The number of pyridine rings is 1. The van der Waals surface area contributed by atoms with Crippen LogP contribution in [0.15, 0.2) is 85.5 Å². The van der Waals surface area contributed by atoms with Gasteiger partial charge in [-0.1, -0.05) is 36.4 Å². The van der Waals surface area contributed by atoms with Gasteiger partial charge >= 0.3 is 0 Å². The van der Waals surface area contributed by atoms with Gasteiger partial charge in [-0.15, -0.1) is 0 Å². The molecule has 1 fully saturated rings. The number of nitrogens with one attached hydrogen (secondary N) is 2. The molecule has 1 aliphatic heterocycles. The summed E-state index contributed by atoms with van der Waals surface area (Å²) >= 11 is 0. The highest BCUT2D eigenvalue weighted by molar-refractivity contribution is 5.94. The van der Waals surface area contributed by atoms with Crippen LogP contribution in [0.4, 0.5) is 0 Å². The number of likely N-dealkylation sites (tertiary alicyclic amines) is 1. The zero-order chi connectivity index (χ0) is 21.5. The van der Waals surface area contributed by atoms with E-state index in [9.17, 15) is 4.79 Å². The summed E-state index contributed by atoms with van der Waals surface area (Å²) in [5, 5.41) is 2.51. The minimum Gasteiger partial charge on any atom is -0.361 e. The Hall–Kier alpha value is -3.86. The van der Waals surface area contributed by atoms with Crippen molar-refractivity contribution >= 4 is 27.7 Å². The Balaban J connectivity index is 1.45. The van der Waals surface area contributed by atoms with Crippen LogP contribution in [0.25, 0.3) is 21.8 Å². The molecule has 0 aliphatic carbocycles. The van der Waals surface area contributed by atoms with Crippen LogP contribution in [0.5, 0.6) is 0 Å². The molecule has 0 bridgehead atoms. The average Bonchev–Trinajstić information content (AvgIpc) is 3.49. The summed E-state index contributed by atoms with van der Waals surface area (Å²) in [4.78, 5) is 26.1. The number of carbonyl (C=O) groups excluding carboxylic acids is 1. The van der Waals surface area contributed by atoms with E-state index in [4.69, 9.17) is 0 Å². The van der Waals surface area contributed by atoms with Gasteiger partial charge in [-0.3, -0.25) is 9.78 Å². The Kier molecular flexibility index (Phi) is 4.35. The van der Waals surface area contributed by atoms with Crippen LogP contribution >= 0.6 is 0 Å². The molecule has 32 heavy (non-hydrogen) atoms. The average molecular weight is 421 g/mol. The molecule has 1 aliphatic rings. The summed E-state index contributed by atoms with van der Waals surface area (Å²) < 4.78 is 0. The number of aromatic amines is 2. The molecule has 0 spiro atoms. The van der Waals surface area contributed by atoms with Crippen LogP contribution in [-0.4, -0.2) is 38.8 Å². The Bertz CT molecular complexity index is 1330. The Labute approximate surface area is 186 Å². The van der Waals surface area contributed by atoms with Crippen LogP contribution in [-0.2, 0) is 5.41 Å². The first-order valence-electron chi connectivity index (χ1n) is 11.1. The van der Waals surface area contributed by atoms with Crippen LogP contribution < -0.4 is 0 Å². The van der Waals surface area contributed by atoms with Crippen molar-refractivity contribution in [2.24, 2.45) is 0 Å². The van der Waals surface area contributed by atoms with Crippen molar-refractivity contribution in [2.75, 3.05) is 13.1 Å². The fourth-order valence-electron chi connectivity index (χ4n) is 5.39. The second-order valence-electron chi connectivity index (χ2n) is 8.61. The minimum absolute atomic E-state index is 0.0823. The fraction of sp³-hybridized carbons (Fsp3) is 0.185. The molecule has 6 rings (SSSR count). The second kappa shape index (κ2) is 7.38. The van der Waals surface area contributed by atoms with Gasteiger partial charge in [-0.2, -0.15) is 0 Å². The smallest absolute Gasteiger partial charge is 0.253 e. The third-order valence-corrected chi connectivity index (χ3v) is 7.04. The van der Waals surface area contributed by atoms with Gasteiger partial charge in [0.15, 0.2) is 0 Å². The van der Waals surface area contributed by atoms with Gasteiger partial charge in [0.2, 0.25) is 0 Å². The van der Waals surface area contributed by atoms with Crippen molar-refractivity contribution in [3.05, 3.63) is 102 Å². The predicted octanol–water partition coefficient (Wildman–Crippen LogP) is 5.27. The first-order chi connectivity index (χ1) is 15.8. The lowest BCUT2D eigenvalue weighted by Gasteiger charge is -2.42. The Morgan fingerprint density at radius 2 is 1.31 bits per heavy atom. The number of fused-ring (bicyclic) bond motifs is 2. The van der Waals surface area contributed by atoms with Crippen LogP contribution in [0.1, 0.15) is 34.3 Å². The molecule has 3 aromatic heterocycles. The van der Waals surface area contributed by atoms with E-state index < -0.39 is 0 Å². The van der Waals surface area contributed by atoms with E-state index in [1.54, 1.807) is 24.5 Å². The number of para-hydroxylation sites is 2. The van der Waals surface area contributed by atoms with Gasteiger partial charge in [0, 0.05) is 70.7 Å². The van der Waals surface area contributed by atoms with Crippen molar-refractivity contribution in [2.45, 2.75) is 18.3 Å². The van der Waals surface area contributed by atoms with Crippen molar-refractivity contribution in [3.8, 4) is 0 Å². The molecule has 4 heterocycles. The quantitative estimate of drug-likeness (QED) is 0.418. The number of hydrogen-bond donors (Lipinski definition) is 2. The van der Waals surface area contributed by atoms with Gasteiger partial charge < -0.3 is 14.9 Å². The summed E-state index contributed by atoms with van der Waals surface area (Å²) in [5.74, 6) is 0.0823. The van der Waals surface area contributed by atoms with Gasteiger partial charge in [-0.25, -0.2) is 0 Å². The monoisotopic (exact) mass is 420 g/mol. The summed E-state index contributed by atoms with van der Waals surface area (Å²) in [6, 6.07) is 20.6. The van der Waals surface area contributed by atoms with Gasteiger partial charge in [0.25, 0.3) is 5.91 Å². The lowest BCUT2D eigenvalue weighted by atomic mass is 9.68. The van der Waals surface area contributed by atoms with Crippen LogP contribution in [0.2, 0.25) is 0 Å². The number of hydrogen-bond acceptors (Lipinski definition) is 2. The zero-order valence-electron chi connectivity index (χ0n) is 17.7. The maximum absolute atomic E-state index is 13.1. The summed E-state index contributed by atoms with van der Waals surface area (Å²) in [6.45, 7) is 1.42. The summed E-state index contributed by atoms with van der Waals surface area (Å²) in [6.07, 6.45) is 9.44. The normalized spacial score (nSPS) is 15.9. The predicted molar refractivity (Wildman–Crippen MR) is 127 cm³/mol. The highest BCUT2D eigenvalue weighted by Crippen LogP contribution is 2.47. The van der Waals surface area contributed by atoms with E-state index in [1.165, 1.54) is 21.9 Å². The zero-order valence-corrected chi connectivity index (χ0v) is 17.7. The third-order valence-electron chi connectivity index (χ3n) is 7.04. The first-order valence-corrected chi connectivity index (χ1v) is 11.1. The number of carbonyl (C=O) groups is 1. The topological polar surface area (TPSA) is 64.8 Å². The third kappa shape index (κ3) is 2.85. The molecule has 5 aromatic rings. The number of amides is 1. The van der Waals surface area contributed by atoms with E-state index in [-0.39, 0.29) is 11.3 Å². The van der Waals surface area contributed by atoms with Crippen molar-refractivity contribution < 1.29 is 4.79 Å². The first kappa shape index (κ1) is 18.9. The molecule has 1 amide bonds. The highest BCUT2D eigenvalue weighted by Gasteiger charge is 2.42. The molecule has 0 atom stereocenters. The molecule has 5 nitrogen and oxygen atoms in total. The van der Waals surface area contributed by atoms with Crippen molar-refractivity contribution in [3.63, 3.8) is 0 Å². The highest BCUT2D eigenvalue weighted by atomic mass is 16.2. The maximum atomic E-state index is 13.1. The molecule has 2 N–H and O–H groups in total. The largest absolute Gasteiger partial charge is 0.361 e.